The third-order valence-corrected chi connectivity index (χ3v) is 5.17. The van der Waals surface area contributed by atoms with Gasteiger partial charge in [0.05, 0.1) is 28.0 Å². The number of sulfonamides is 1. The average molecular weight is 369 g/mol. The first-order chi connectivity index (χ1) is 11.7. The summed E-state index contributed by atoms with van der Waals surface area (Å²) in [6, 6.07) is 10.9. The van der Waals surface area contributed by atoms with Crippen LogP contribution in [0.25, 0.3) is 11.0 Å². The van der Waals surface area contributed by atoms with Crippen LogP contribution in [0, 0.1) is 0 Å². The quantitative estimate of drug-likeness (QED) is 0.769. The molecule has 0 saturated heterocycles. The smallest absolute Gasteiger partial charge is 0.330 e. The van der Waals surface area contributed by atoms with Gasteiger partial charge in [0.2, 0.25) is 10.0 Å². The van der Waals surface area contributed by atoms with Crippen LogP contribution >= 0.6 is 0 Å². The number of benzene rings is 2. The topological polar surface area (TPSA) is 64.0 Å². The fourth-order valence-electron chi connectivity index (χ4n) is 2.44. The molecule has 1 aromatic heterocycles. The van der Waals surface area contributed by atoms with Gasteiger partial charge in [-0.05, 0) is 30.3 Å². The lowest BCUT2D eigenvalue weighted by Gasteiger charge is -2.10. The van der Waals surface area contributed by atoms with E-state index in [-0.39, 0.29) is 6.54 Å². The molecule has 0 aliphatic carbocycles. The van der Waals surface area contributed by atoms with Gasteiger partial charge in [-0.25, -0.2) is 18.1 Å². The van der Waals surface area contributed by atoms with E-state index in [1.165, 1.54) is 0 Å². The summed E-state index contributed by atoms with van der Waals surface area (Å²) in [7, 11) is -2.36. The molecule has 0 saturated carbocycles. The van der Waals surface area contributed by atoms with Crippen LogP contribution in [0.2, 0.25) is 0 Å². The molecule has 0 bridgehead atoms. The second-order valence-corrected chi connectivity index (χ2v) is 7.19. The summed E-state index contributed by atoms with van der Waals surface area (Å²) in [6.07, 6.45) is -4.61. The van der Waals surface area contributed by atoms with Gasteiger partial charge in [0.25, 0.3) is 0 Å². The molecule has 1 N–H and O–H groups in total. The van der Waals surface area contributed by atoms with Gasteiger partial charge in [0, 0.05) is 7.05 Å². The molecule has 0 fully saturated rings. The van der Waals surface area contributed by atoms with Crippen molar-refractivity contribution >= 4 is 21.1 Å². The van der Waals surface area contributed by atoms with E-state index in [1.54, 1.807) is 17.7 Å². The van der Waals surface area contributed by atoms with E-state index in [9.17, 15) is 21.6 Å². The SMILES string of the molecule is Cn1c(CNS(=O)(=O)c2cccc(C(F)(F)F)c2)nc2ccccc21. The highest BCUT2D eigenvalue weighted by atomic mass is 32.2. The standard InChI is InChI=1S/C16H14F3N3O2S/c1-22-14-8-3-2-7-13(14)21-15(22)10-20-25(23,24)12-6-4-5-11(9-12)16(17,18)19/h2-9,20H,10H2,1H3. The van der Waals surface area contributed by atoms with Gasteiger partial charge in [-0.2, -0.15) is 13.2 Å². The van der Waals surface area contributed by atoms with Gasteiger partial charge in [0.15, 0.2) is 0 Å². The summed E-state index contributed by atoms with van der Waals surface area (Å²) >= 11 is 0. The van der Waals surface area contributed by atoms with Gasteiger partial charge < -0.3 is 4.57 Å². The number of hydrogen-bond acceptors (Lipinski definition) is 3. The molecular weight excluding hydrogens is 355 g/mol. The number of imidazole rings is 1. The minimum atomic E-state index is -4.61. The van der Waals surface area contributed by atoms with Gasteiger partial charge >= 0.3 is 6.18 Å². The van der Waals surface area contributed by atoms with Gasteiger partial charge in [0.1, 0.15) is 5.82 Å². The number of rotatable bonds is 4. The van der Waals surface area contributed by atoms with Gasteiger partial charge in [-0.15, -0.1) is 0 Å². The third kappa shape index (κ3) is 3.52. The van der Waals surface area contributed by atoms with Crippen LogP contribution < -0.4 is 4.72 Å². The van der Waals surface area contributed by atoms with Crippen molar-refractivity contribution < 1.29 is 21.6 Å². The zero-order chi connectivity index (χ0) is 18.2. The van der Waals surface area contributed by atoms with Crippen molar-refractivity contribution in [1.29, 1.82) is 0 Å². The number of fused-ring (bicyclic) bond motifs is 1. The molecule has 0 unspecified atom stereocenters. The predicted octanol–water partition coefficient (Wildman–Crippen LogP) is 3.07. The average Bonchev–Trinajstić information content (AvgIpc) is 2.89. The van der Waals surface area contributed by atoms with Crippen molar-refractivity contribution in [2.45, 2.75) is 17.6 Å². The van der Waals surface area contributed by atoms with Crippen LogP contribution in [0.4, 0.5) is 13.2 Å². The normalized spacial score (nSPS) is 12.6. The summed E-state index contributed by atoms with van der Waals surface area (Å²) in [4.78, 5) is 3.88. The number of para-hydroxylation sites is 2. The Morgan fingerprint density at radius 2 is 1.84 bits per heavy atom. The molecule has 0 spiro atoms. The summed E-state index contributed by atoms with van der Waals surface area (Å²) in [5.41, 5.74) is 0.520. The Hall–Kier alpha value is -2.39. The molecule has 0 radical (unpaired) electrons. The zero-order valence-corrected chi connectivity index (χ0v) is 13.9. The first kappa shape index (κ1) is 17.4. The summed E-state index contributed by atoms with van der Waals surface area (Å²) < 4.78 is 66.9. The Kier molecular flexibility index (Phi) is 4.29. The maximum atomic E-state index is 12.7. The maximum absolute atomic E-state index is 12.7. The molecule has 5 nitrogen and oxygen atoms in total. The molecule has 0 aliphatic rings. The minimum absolute atomic E-state index is 0.135. The zero-order valence-electron chi connectivity index (χ0n) is 13.1. The molecule has 3 aromatic rings. The maximum Gasteiger partial charge on any atom is 0.416 e. The Morgan fingerprint density at radius 3 is 2.52 bits per heavy atom. The molecule has 0 amide bonds. The fourth-order valence-corrected chi connectivity index (χ4v) is 3.46. The molecule has 0 aliphatic heterocycles. The highest BCUT2D eigenvalue weighted by molar-refractivity contribution is 7.89. The Bertz CT molecular complexity index is 1030. The third-order valence-electron chi connectivity index (χ3n) is 3.77. The molecule has 0 atom stereocenters. The summed E-state index contributed by atoms with van der Waals surface area (Å²) in [6.45, 7) is -0.135. The number of aromatic nitrogens is 2. The largest absolute Gasteiger partial charge is 0.416 e. The lowest BCUT2D eigenvalue weighted by molar-refractivity contribution is -0.137. The van der Waals surface area contributed by atoms with E-state index in [1.807, 2.05) is 18.2 Å². The van der Waals surface area contributed by atoms with Crippen molar-refractivity contribution in [2.24, 2.45) is 7.05 Å². The molecular formula is C16H14F3N3O2S. The van der Waals surface area contributed by atoms with E-state index in [4.69, 9.17) is 0 Å². The van der Waals surface area contributed by atoms with E-state index in [0.29, 0.717) is 17.4 Å². The van der Waals surface area contributed by atoms with Crippen molar-refractivity contribution in [3.8, 4) is 0 Å². The lowest BCUT2D eigenvalue weighted by atomic mass is 10.2. The molecule has 2 aromatic carbocycles. The highest BCUT2D eigenvalue weighted by Crippen LogP contribution is 2.30. The van der Waals surface area contributed by atoms with E-state index in [2.05, 4.69) is 9.71 Å². The van der Waals surface area contributed by atoms with E-state index < -0.39 is 26.7 Å². The fraction of sp³-hybridized carbons (Fsp3) is 0.188. The number of halogens is 3. The van der Waals surface area contributed by atoms with Crippen LogP contribution in [0.1, 0.15) is 11.4 Å². The molecule has 1 heterocycles. The minimum Gasteiger partial charge on any atom is -0.330 e. The second-order valence-electron chi connectivity index (χ2n) is 5.43. The first-order valence-electron chi connectivity index (χ1n) is 7.26. The Morgan fingerprint density at radius 1 is 1.12 bits per heavy atom. The number of aryl methyl sites for hydroxylation is 1. The number of nitrogens with zero attached hydrogens (tertiary/aromatic N) is 2. The highest BCUT2D eigenvalue weighted by Gasteiger charge is 2.31. The second kappa shape index (κ2) is 6.16. The molecule has 3 rings (SSSR count). The molecule has 132 valence electrons. The van der Waals surface area contributed by atoms with Gasteiger partial charge in [-0.1, -0.05) is 18.2 Å². The summed E-state index contributed by atoms with van der Waals surface area (Å²) in [5.74, 6) is 0.455. The molecule has 9 heteroatoms. The summed E-state index contributed by atoms with van der Waals surface area (Å²) in [5, 5.41) is 0. The predicted molar refractivity (Wildman–Crippen MR) is 86.2 cm³/mol. The van der Waals surface area contributed by atoms with Crippen LogP contribution in [0.3, 0.4) is 0 Å². The van der Waals surface area contributed by atoms with Crippen molar-refractivity contribution in [2.75, 3.05) is 0 Å². The first-order valence-corrected chi connectivity index (χ1v) is 8.74. The number of hydrogen-bond donors (Lipinski definition) is 1. The van der Waals surface area contributed by atoms with Crippen LogP contribution in [0.5, 0.6) is 0 Å². The van der Waals surface area contributed by atoms with Crippen molar-refractivity contribution in [3.63, 3.8) is 0 Å². The van der Waals surface area contributed by atoms with E-state index >= 15 is 0 Å². The van der Waals surface area contributed by atoms with Crippen LogP contribution in [-0.4, -0.2) is 18.0 Å². The van der Waals surface area contributed by atoms with Gasteiger partial charge in [-0.3, -0.25) is 0 Å². The lowest BCUT2D eigenvalue weighted by Crippen LogP contribution is -2.25. The Balaban J connectivity index is 1.85. The Labute approximate surface area is 142 Å². The van der Waals surface area contributed by atoms with E-state index in [0.717, 1.165) is 23.7 Å². The van der Waals surface area contributed by atoms with Crippen LogP contribution in [-0.2, 0) is 29.8 Å². The van der Waals surface area contributed by atoms with Crippen molar-refractivity contribution in [1.82, 2.24) is 14.3 Å². The molecule has 25 heavy (non-hydrogen) atoms. The number of nitrogens with one attached hydrogen (secondary N) is 1. The monoisotopic (exact) mass is 369 g/mol. The van der Waals surface area contributed by atoms with Crippen molar-refractivity contribution in [3.05, 3.63) is 59.9 Å². The number of alkyl halides is 3. The van der Waals surface area contributed by atoms with Crippen LogP contribution in [0.15, 0.2) is 53.4 Å².